The van der Waals surface area contributed by atoms with E-state index < -0.39 is 11.2 Å². The minimum atomic E-state index is -0.642. The quantitative estimate of drug-likeness (QED) is 0.866. The van der Waals surface area contributed by atoms with E-state index in [4.69, 9.17) is 11.6 Å². The molecule has 1 amide bonds. The number of hydrogen-bond acceptors (Lipinski definition) is 3. The molecule has 112 valence electrons. The summed E-state index contributed by atoms with van der Waals surface area (Å²) in [4.78, 5) is 12.8. The fourth-order valence-electron chi connectivity index (χ4n) is 3.14. The summed E-state index contributed by atoms with van der Waals surface area (Å²) >= 11 is 6.03. The highest BCUT2D eigenvalue weighted by atomic mass is 35.5. The van der Waals surface area contributed by atoms with Crippen LogP contribution in [0.1, 0.15) is 32.6 Å². The van der Waals surface area contributed by atoms with Gasteiger partial charge in [-0.1, -0.05) is 11.6 Å². The Kier molecular flexibility index (Phi) is 3.50. The smallest absolute Gasteiger partial charge is 0.259 e. The normalized spacial score (nSPS) is 29.1. The zero-order valence-corrected chi connectivity index (χ0v) is 12.4. The van der Waals surface area contributed by atoms with E-state index in [0.717, 1.165) is 5.71 Å². The lowest BCUT2D eigenvalue weighted by atomic mass is 9.70. The molecule has 0 radical (unpaired) electrons. The van der Waals surface area contributed by atoms with Crippen LogP contribution in [0.4, 0.5) is 10.1 Å². The van der Waals surface area contributed by atoms with Crippen LogP contribution in [0.5, 0.6) is 0 Å². The van der Waals surface area contributed by atoms with Gasteiger partial charge in [-0.2, -0.15) is 10.1 Å². The summed E-state index contributed by atoms with van der Waals surface area (Å²) in [5.41, 5.74) is 0.488. The second-order valence-corrected chi connectivity index (χ2v) is 6.12. The van der Waals surface area contributed by atoms with Crippen molar-refractivity contribution in [3.05, 3.63) is 29.0 Å². The van der Waals surface area contributed by atoms with Gasteiger partial charge < -0.3 is 5.11 Å². The zero-order chi connectivity index (χ0) is 15.2. The molecule has 3 rings (SSSR count). The molecule has 2 aliphatic rings. The molecule has 21 heavy (non-hydrogen) atoms. The first-order valence-corrected chi connectivity index (χ1v) is 7.35. The van der Waals surface area contributed by atoms with Crippen LogP contribution >= 0.6 is 11.6 Å². The zero-order valence-electron chi connectivity index (χ0n) is 11.6. The number of aliphatic hydroxyl groups excluding tert-OH is 1. The molecule has 1 aliphatic carbocycles. The standard InChI is InChI=1S/C15H16ClFN2O2/c1-9-15(6-4-11(20)5-7-15)14(21)19(18-9)13-3-2-10(17)8-12(13)16/h2-3,8,11,20H,4-7H2,1H3. The predicted molar refractivity (Wildman–Crippen MR) is 78.9 cm³/mol. The van der Waals surface area contributed by atoms with E-state index in [1.165, 1.54) is 23.2 Å². The largest absolute Gasteiger partial charge is 0.393 e. The maximum atomic E-state index is 13.1. The Morgan fingerprint density at radius 2 is 2.10 bits per heavy atom. The van der Waals surface area contributed by atoms with Gasteiger partial charge in [-0.15, -0.1) is 0 Å². The Morgan fingerprint density at radius 1 is 1.43 bits per heavy atom. The Morgan fingerprint density at radius 3 is 2.71 bits per heavy atom. The van der Waals surface area contributed by atoms with Crippen LogP contribution in [-0.4, -0.2) is 22.8 Å². The van der Waals surface area contributed by atoms with Crippen LogP contribution in [0, 0.1) is 11.2 Å². The van der Waals surface area contributed by atoms with Crippen molar-refractivity contribution < 1.29 is 14.3 Å². The minimum absolute atomic E-state index is 0.139. The van der Waals surface area contributed by atoms with Gasteiger partial charge in [-0.05, 0) is 50.8 Å². The Bertz CT molecular complexity index is 624. The van der Waals surface area contributed by atoms with Crippen molar-refractivity contribution in [2.75, 3.05) is 5.01 Å². The van der Waals surface area contributed by atoms with E-state index in [2.05, 4.69) is 5.10 Å². The highest BCUT2D eigenvalue weighted by Gasteiger charge is 2.51. The summed E-state index contributed by atoms with van der Waals surface area (Å²) in [5.74, 6) is -0.591. The van der Waals surface area contributed by atoms with Crippen molar-refractivity contribution in [1.29, 1.82) is 0 Å². The van der Waals surface area contributed by atoms with Crippen LogP contribution < -0.4 is 5.01 Å². The van der Waals surface area contributed by atoms with Gasteiger partial charge in [-0.25, -0.2) is 4.39 Å². The Labute approximate surface area is 127 Å². The van der Waals surface area contributed by atoms with E-state index in [1.54, 1.807) is 0 Å². The average Bonchev–Trinajstić information content (AvgIpc) is 2.67. The van der Waals surface area contributed by atoms with Gasteiger partial charge >= 0.3 is 0 Å². The highest BCUT2D eigenvalue weighted by Crippen LogP contribution is 2.45. The second kappa shape index (κ2) is 5.07. The minimum Gasteiger partial charge on any atom is -0.393 e. The van der Waals surface area contributed by atoms with E-state index >= 15 is 0 Å². The summed E-state index contributed by atoms with van der Waals surface area (Å²) in [6, 6.07) is 3.89. The molecule has 1 aromatic carbocycles. The Balaban J connectivity index is 1.95. The summed E-state index contributed by atoms with van der Waals surface area (Å²) in [6.45, 7) is 1.83. The molecule has 0 bridgehead atoms. The molecular weight excluding hydrogens is 295 g/mol. The molecular formula is C15H16ClFN2O2. The molecule has 0 saturated heterocycles. The van der Waals surface area contributed by atoms with Gasteiger partial charge in [0.25, 0.3) is 5.91 Å². The van der Waals surface area contributed by atoms with Gasteiger partial charge in [0.2, 0.25) is 0 Å². The van der Waals surface area contributed by atoms with Crippen molar-refractivity contribution in [3.8, 4) is 0 Å². The summed E-state index contributed by atoms with van der Waals surface area (Å²) in [7, 11) is 0. The predicted octanol–water partition coefficient (Wildman–Crippen LogP) is 3.12. The number of anilines is 1. The first kappa shape index (κ1) is 14.5. The first-order valence-electron chi connectivity index (χ1n) is 6.97. The highest BCUT2D eigenvalue weighted by molar-refractivity contribution is 6.34. The molecule has 1 saturated carbocycles. The Hall–Kier alpha value is -1.46. The molecule has 1 N–H and O–H groups in total. The van der Waals surface area contributed by atoms with E-state index in [-0.39, 0.29) is 17.0 Å². The second-order valence-electron chi connectivity index (χ2n) is 5.71. The van der Waals surface area contributed by atoms with E-state index in [1.807, 2.05) is 6.92 Å². The SMILES string of the molecule is CC1=NN(c2ccc(F)cc2Cl)C(=O)C12CCC(O)CC2. The molecule has 1 fully saturated rings. The third kappa shape index (κ3) is 2.24. The maximum Gasteiger partial charge on any atom is 0.259 e. The van der Waals surface area contributed by atoms with Gasteiger partial charge in [0.1, 0.15) is 5.82 Å². The molecule has 1 aromatic rings. The van der Waals surface area contributed by atoms with Crippen molar-refractivity contribution in [2.45, 2.75) is 38.7 Å². The number of hydrazone groups is 1. The lowest BCUT2D eigenvalue weighted by molar-refractivity contribution is -0.125. The monoisotopic (exact) mass is 310 g/mol. The van der Waals surface area contributed by atoms with Gasteiger partial charge in [0, 0.05) is 0 Å². The third-order valence-corrected chi connectivity index (χ3v) is 4.79. The lowest BCUT2D eigenvalue weighted by Crippen LogP contribution is -2.43. The fraction of sp³-hybridized carbons (Fsp3) is 0.467. The third-order valence-electron chi connectivity index (χ3n) is 4.49. The fourth-order valence-corrected chi connectivity index (χ4v) is 3.38. The molecule has 1 aliphatic heterocycles. The van der Waals surface area contributed by atoms with E-state index in [9.17, 15) is 14.3 Å². The number of rotatable bonds is 1. The van der Waals surface area contributed by atoms with Gasteiger partial charge in [0.15, 0.2) is 0 Å². The van der Waals surface area contributed by atoms with Crippen molar-refractivity contribution in [3.63, 3.8) is 0 Å². The van der Waals surface area contributed by atoms with Crippen LogP contribution in [0.15, 0.2) is 23.3 Å². The molecule has 0 atom stereocenters. The molecule has 1 spiro atoms. The number of halogens is 2. The van der Waals surface area contributed by atoms with Crippen LogP contribution in [0.3, 0.4) is 0 Å². The lowest BCUT2D eigenvalue weighted by Gasteiger charge is -2.34. The van der Waals surface area contributed by atoms with Crippen molar-refractivity contribution >= 4 is 28.9 Å². The van der Waals surface area contributed by atoms with Gasteiger partial charge in [0.05, 0.1) is 27.9 Å². The van der Waals surface area contributed by atoms with Crippen molar-refractivity contribution in [2.24, 2.45) is 10.5 Å². The van der Waals surface area contributed by atoms with Crippen LogP contribution in [0.25, 0.3) is 0 Å². The number of amides is 1. The van der Waals surface area contributed by atoms with E-state index in [0.29, 0.717) is 31.4 Å². The van der Waals surface area contributed by atoms with Gasteiger partial charge in [-0.3, -0.25) is 4.79 Å². The summed E-state index contributed by atoms with van der Waals surface area (Å²) in [6.07, 6.45) is 1.99. The number of carbonyl (C=O) groups is 1. The topological polar surface area (TPSA) is 52.9 Å². The van der Waals surface area contributed by atoms with Crippen LogP contribution in [0.2, 0.25) is 5.02 Å². The number of nitrogens with zero attached hydrogens (tertiary/aromatic N) is 2. The molecule has 0 unspecified atom stereocenters. The maximum absolute atomic E-state index is 13.1. The number of carbonyl (C=O) groups excluding carboxylic acids is 1. The van der Waals surface area contributed by atoms with Crippen LogP contribution in [-0.2, 0) is 4.79 Å². The molecule has 4 nitrogen and oxygen atoms in total. The summed E-state index contributed by atoms with van der Waals surface area (Å²) < 4.78 is 13.1. The molecule has 0 aromatic heterocycles. The van der Waals surface area contributed by atoms with Crippen molar-refractivity contribution in [1.82, 2.24) is 0 Å². The molecule has 1 heterocycles. The first-order chi connectivity index (χ1) is 9.94. The molecule has 6 heteroatoms. The average molecular weight is 311 g/mol. The number of benzene rings is 1. The number of aliphatic hydroxyl groups is 1. The summed E-state index contributed by atoms with van der Waals surface area (Å²) in [5, 5.41) is 15.4. The number of hydrogen-bond donors (Lipinski definition) is 1.